The molecule has 45 heavy (non-hydrogen) atoms. The molecule has 2 aromatic carbocycles. The van der Waals surface area contributed by atoms with Gasteiger partial charge in [0.25, 0.3) is 0 Å². The quantitative estimate of drug-likeness (QED) is 0.182. The van der Waals surface area contributed by atoms with Crippen LogP contribution in [0.2, 0.25) is 10.0 Å². The molecule has 1 amide bonds. The Morgan fingerprint density at radius 1 is 1.02 bits per heavy atom. The van der Waals surface area contributed by atoms with Crippen LogP contribution in [0.1, 0.15) is 6.92 Å². The number of methoxy groups -OCH3 is 3. The van der Waals surface area contributed by atoms with Crippen LogP contribution < -0.4 is 24.4 Å². The number of carbonyl (C=O) groups excluding carboxylic acids is 1. The van der Waals surface area contributed by atoms with E-state index < -0.39 is 0 Å². The largest absolute Gasteiger partial charge is 0.496 e. The average Bonchev–Trinajstić information content (AvgIpc) is 3.55. The molecule has 0 bridgehead atoms. The molecule has 1 atom stereocenters. The van der Waals surface area contributed by atoms with Crippen LogP contribution in [0.5, 0.6) is 17.2 Å². The van der Waals surface area contributed by atoms with E-state index in [1.807, 2.05) is 41.8 Å². The Labute approximate surface area is 270 Å². The van der Waals surface area contributed by atoms with Crippen molar-refractivity contribution in [1.29, 1.82) is 0 Å². The van der Waals surface area contributed by atoms with Gasteiger partial charge >= 0.3 is 0 Å². The molecule has 1 N–H and O–H groups in total. The fraction of sp³-hybridized carbons (Fsp3) is 0.242. The molecule has 0 aliphatic carbocycles. The number of fused-ring (bicyclic) bond motifs is 3. The van der Waals surface area contributed by atoms with E-state index in [1.54, 1.807) is 25.6 Å². The predicted molar refractivity (Wildman–Crippen MR) is 177 cm³/mol. The lowest BCUT2D eigenvalue weighted by Crippen LogP contribution is -2.41. The summed E-state index contributed by atoms with van der Waals surface area (Å²) >= 11 is 13.6. The third kappa shape index (κ3) is 5.50. The molecular weight excluding hydrogens is 617 g/mol. The molecular formula is C33H31Cl2N5O5. The third-order valence-corrected chi connectivity index (χ3v) is 8.57. The number of aromatic nitrogens is 3. The molecule has 12 heteroatoms. The number of hydrogen-bond acceptors (Lipinski definition) is 8. The van der Waals surface area contributed by atoms with Crippen LogP contribution in [0, 0.1) is 0 Å². The second kappa shape index (κ2) is 12.5. The molecule has 1 saturated heterocycles. The van der Waals surface area contributed by atoms with Gasteiger partial charge in [-0.2, -0.15) is 0 Å². The molecule has 0 radical (unpaired) electrons. The first kappa shape index (κ1) is 30.5. The summed E-state index contributed by atoms with van der Waals surface area (Å²) < 4.78 is 24.6. The Morgan fingerprint density at radius 2 is 1.76 bits per heavy atom. The third-order valence-electron chi connectivity index (χ3n) is 7.81. The summed E-state index contributed by atoms with van der Waals surface area (Å²) in [7, 11) is 4.68. The first-order valence-corrected chi connectivity index (χ1v) is 14.9. The number of nitrogens with one attached hydrogen (secondary N) is 1. The number of imidazole rings is 1. The fourth-order valence-corrected chi connectivity index (χ4v) is 6.37. The summed E-state index contributed by atoms with van der Waals surface area (Å²) in [6.07, 6.45) is 6.62. The van der Waals surface area contributed by atoms with Crippen molar-refractivity contribution in [3.05, 3.63) is 71.6 Å². The van der Waals surface area contributed by atoms with Crippen molar-refractivity contribution in [1.82, 2.24) is 14.4 Å². The van der Waals surface area contributed by atoms with Crippen molar-refractivity contribution < 1.29 is 23.7 Å². The average molecular weight is 649 g/mol. The second-order valence-corrected chi connectivity index (χ2v) is 11.2. The summed E-state index contributed by atoms with van der Waals surface area (Å²) in [5.74, 6) is 1.13. The van der Waals surface area contributed by atoms with Gasteiger partial charge in [0.15, 0.2) is 0 Å². The van der Waals surface area contributed by atoms with Crippen LogP contribution in [-0.2, 0) is 9.53 Å². The van der Waals surface area contributed by atoms with Crippen molar-refractivity contribution in [3.8, 4) is 39.6 Å². The summed E-state index contributed by atoms with van der Waals surface area (Å²) in [5, 5.41) is 4.46. The van der Waals surface area contributed by atoms with E-state index in [0.717, 1.165) is 16.6 Å². The number of halogens is 2. The van der Waals surface area contributed by atoms with E-state index in [9.17, 15) is 4.79 Å². The predicted octanol–water partition coefficient (Wildman–Crippen LogP) is 6.90. The second-order valence-electron chi connectivity index (χ2n) is 10.5. The van der Waals surface area contributed by atoms with Crippen LogP contribution in [0.15, 0.2) is 61.6 Å². The molecule has 6 rings (SSSR count). The number of pyridine rings is 2. The van der Waals surface area contributed by atoms with E-state index in [1.165, 1.54) is 20.3 Å². The first-order valence-electron chi connectivity index (χ1n) is 14.2. The highest BCUT2D eigenvalue weighted by molar-refractivity contribution is 6.41. The molecule has 1 aliphatic heterocycles. The van der Waals surface area contributed by atoms with E-state index in [-0.39, 0.29) is 12.0 Å². The summed E-state index contributed by atoms with van der Waals surface area (Å²) in [6.45, 7) is 7.56. The fourth-order valence-electron chi connectivity index (χ4n) is 5.67. The summed E-state index contributed by atoms with van der Waals surface area (Å²) in [4.78, 5) is 24.1. The highest BCUT2D eigenvalue weighted by Gasteiger charge is 2.25. The number of ether oxygens (including phenoxy) is 4. The van der Waals surface area contributed by atoms with Crippen molar-refractivity contribution in [2.45, 2.75) is 13.0 Å². The van der Waals surface area contributed by atoms with Gasteiger partial charge in [-0.05, 0) is 31.2 Å². The number of rotatable bonds is 8. The molecule has 5 aromatic rings. The number of anilines is 2. The van der Waals surface area contributed by atoms with Gasteiger partial charge in [0, 0.05) is 65.9 Å². The van der Waals surface area contributed by atoms with Crippen LogP contribution >= 0.6 is 23.2 Å². The monoisotopic (exact) mass is 647 g/mol. The zero-order chi connectivity index (χ0) is 31.8. The van der Waals surface area contributed by atoms with Crippen LogP contribution in [0.3, 0.4) is 0 Å². The van der Waals surface area contributed by atoms with E-state index in [0.29, 0.717) is 80.7 Å². The number of morpholine rings is 1. The minimum Gasteiger partial charge on any atom is -0.496 e. The molecule has 232 valence electrons. The standard InChI is InChI=1S/C33H31Cl2N5O5/c1-6-29(41)38-23-12-20(26(42-3)14-25(23)39-9-10-45-18(2)17-39)22-13-24-19(16-37-22)11-21(33-36-7-8-40(24)33)30-31(34)27(43-4)15-28(44-5)32(30)35/h6-8,11-16,18H,1,9-10,17H2,2-5H3,(H,38,41)/t18-/m1/s1. The Balaban J connectivity index is 1.53. The molecule has 0 saturated carbocycles. The topological polar surface area (TPSA) is 99.5 Å². The SMILES string of the molecule is C=CC(=O)Nc1cc(-c2cc3c(cn2)cc(-c2c(Cl)c(OC)cc(OC)c2Cl)c2nccn23)c(OC)cc1N1CCO[C@H](C)C1. The maximum absolute atomic E-state index is 12.5. The number of benzene rings is 2. The van der Waals surface area contributed by atoms with Gasteiger partial charge in [-0.25, -0.2) is 4.98 Å². The van der Waals surface area contributed by atoms with E-state index in [4.69, 9.17) is 47.1 Å². The van der Waals surface area contributed by atoms with Crippen molar-refractivity contribution in [2.75, 3.05) is 51.2 Å². The van der Waals surface area contributed by atoms with Crippen molar-refractivity contribution >= 4 is 57.0 Å². The van der Waals surface area contributed by atoms with E-state index in [2.05, 4.69) is 21.8 Å². The molecule has 10 nitrogen and oxygen atoms in total. The molecule has 0 unspecified atom stereocenters. The van der Waals surface area contributed by atoms with Gasteiger partial charge in [-0.15, -0.1) is 0 Å². The lowest BCUT2D eigenvalue weighted by atomic mass is 10.0. The highest BCUT2D eigenvalue weighted by atomic mass is 35.5. The molecule has 0 spiro atoms. The molecule has 1 aliphatic rings. The Kier molecular flexibility index (Phi) is 8.46. The maximum atomic E-state index is 12.5. The molecule has 3 aromatic heterocycles. The lowest BCUT2D eigenvalue weighted by Gasteiger charge is -2.34. The van der Waals surface area contributed by atoms with Gasteiger partial charge < -0.3 is 29.2 Å². The minimum atomic E-state index is -0.320. The van der Waals surface area contributed by atoms with Crippen LogP contribution in [0.4, 0.5) is 11.4 Å². The number of amides is 1. The minimum absolute atomic E-state index is 0.0415. The smallest absolute Gasteiger partial charge is 0.247 e. The summed E-state index contributed by atoms with van der Waals surface area (Å²) in [5.41, 5.74) is 5.46. The number of nitrogens with zero attached hydrogens (tertiary/aromatic N) is 4. The van der Waals surface area contributed by atoms with Gasteiger partial charge in [0.1, 0.15) is 22.9 Å². The van der Waals surface area contributed by atoms with Crippen molar-refractivity contribution in [3.63, 3.8) is 0 Å². The van der Waals surface area contributed by atoms with Crippen molar-refractivity contribution in [2.24, 2.45) is 0 Å². The zero-order valence-electron chi connectivity index (χ0n) is 25.2. The van der Waals surface area contributed by atoms with Gasteiger partial charge in [0.2, 0.25) is 5.91 Å². The number of carbonyl (C=O) groups is 1. The maximum Gasteiger partial charge on any atom is 0.247 e. The molecule has 4 heterocycles. The van der Waals surface area contributed by atoms with Crippen LogP contribution in [0.25, 0.3) is 38.9 Å². The highest BCUT2D eigenvalue weighted by Crippen LogP contribution is 2.48. The first-order chi connectivity index (χ1) is 21.8. The molecule has 1 fully saturated rings. The Hall–Kier alpha value is -4.51. The normalized spacial score (nSPS) is 14.9. The van der Waals surface area contributed by atoms with E-state index >= 15 is 0 Å². The Morgan fingerprint density at radius 3 is 2.42 bits per heavy atom. The van der Waals surface area contributed by atoms with Gasteiger partial charge in [-0.1, -0.05) is 29.8 Å². The van der Waals surface area contributed by atoms with Crippen LogP contribution in [-0.4, -0.2) is 67.4 Å². The Bertz CT molecular complexity index is 1930. The zero-order valence-corrected chi connectivity index (χ0v) is 26.7. The van der Waals surface area contributed by atoms with Gasteiger partial charge in [-0.3, -0.25) is 14.2 Å². The van der Waals surface area contributed by atoms with Gasteiger partial charge in [0.05, 0.1) is 66.7 Å². The lowest BCUT2D eigenvalue weighted by molar-refractivity contribution is -0.111. The summed E-state index contributed by atoms with van der Waals surface area (Å²) in [6, 6.07) is 9.35. The number of hydrogen-bond donors (Lipinski definition) is 1.